The van der Waals surface area contributed by atoms with Crippen molar-refractivity contribution in [3.05, 3.63) is 75.8 Å². The number of rotatable bonds is 6. The Morgan fingerprint density at radius 3 is 2.54 bits per heavy atom. The van der Waals surface area contributed by atoms with Gasteiger partial charge in [-0.3, -0.25) is 14.9 Å². The van der Waals surface area contributed by atoms with E-state index in [4.69, 9.17) is 5.73 Å². The van der Waals surface area contributed by atoms with Crippen molar-refractivity contribution in [1.82, 2.24) is 4.90 Å². The fourth-order valence-corrected chi connectivity index (χ4v) is 2.72. The van der Waals surface area contributed by atoms with Crippen LogP contribution in [0.2, 0.25) is 0 Å². The highest BCUT2D eigenvalue weighted by atomic mass is 16.6. The normalized spacial score (nSPS) is 14.9. The number of nitro benzene ring substituents is 1. The molecular formula is C18H19N3O3. The highest BCUT2D eigenvalue weighted by molar-refractivity contribution is 5.83. The maximum absolute atomic E-state index is 12.8. The van der Waals surface area contributed by atoms with Crippen LogP contribution in [0.3, 0.4) is 0 Å². The molecule has 0 spiro atoms. The van der Waals surface area contributed by atoms with Crippen LogP contribution in [-0.4, -0.2) is 21.8 Å². The maximum atomic E-state index is 12.8. The summed E-state index contributed by atoms with van der Waals surface area (Å²) in [5.74, 6) is -0.143. The van der Waals surface area contributed by atoms with Crippen LogP contribution in [0.25, 0.3) is 0 Å². The largest absolute Gasteiger partial charge is 0.334 e. The fraction of sp³-hybridized carbons (Fsp3) is 0.278. The Labute approximate surface area is 140 Å². The highest BCUT2D eigenvalue weighted by Gasteiger charge is 2.35. The van der Waals surface area contributed by atoms with Crippen molar-refractivity contribution in [1.29, 1.82) is 0 Å². The molecule has 124 valence electrons. The third-order valence-corrected chi connectivity index (χ3v) is 4.17. The summed E-state index contributed by atoms with van der Waals surface area (Å²) in [5, 5.41) is 10.9. The van der Waals surface area contributed by atoms with Gasteiger partial charge in [0.05, 0.1) is 4.92 Å². The van der Waals surface area contributed by atoms with E-state index in [1.54, 1.807) is 17.0 Å². The predicted octanol–water partition coefficient (Wildman–Crippen LogP) is 2.79. The number of amides is 1. The summed E-state index contributed by atoms with van der Waals surface area (Å²) < 4.78 is 0. The van der Waals surface area contributed by atoms with Crippen LogP contribution in [0.15, 0.2) is 54.6 Å². The molecule has 2 aromatic rings. The number of hydrogen-bond acceptors (Lipinski definition) is 4. The minimum atomic E-state index is -0.717. The van der Waals surface area contributed by atoms with Crippen LogP contribution in [0.1, 0.15) is 30.0 Å². The van der Waals surface area contributed by atoms with Crippen molar-refractivity contribution in [2.75, 3.05) is 0 Å². The number of nitrogens with zero attached hydrogens (tertiary/aromatic N) is 2. The second-order valence-electron chi connectivity index (χ2n) is 6.01. The van der Waals surface area contributed by atoms with Gasteiger partial charge in [-0.05, 0) is 24.0 Å². The summed E-state index contributed by atoms with van der Waals surface area (Å²) in [7, 11) is 0. The van der Waals surface area contributed by atoms with E-state index in [1.807, 2.05) is 30.3 Å². The van der Waals surface area contributed by atoms with Crippen LogP contribution in [0.4, 0.5) is 5.69 Å². The van der Waals surface area contributed by atoms with E-state index in [2.05, 4.69) is 0 Å². The van der Waals surface area contributed by atoms with Gasteiger partial charge in [0.1, 0.15) is 6.04 Å². The number of benzene rings is 2. The van der Waals surface area contributed by atoms with Crippen molar-refractivity contribution in [2.24, 2.45) is 5.73 Å². The Morgan fingerprint density at radius 1 is 1.21 bits per heavy atom. The van der Waals surface area contributed by atoms with E-state index >= 15 is 0 Å². The lowest BCUT2D eigenvalue weighted by Crippen LogP contribution is -2.39. The molecule has 0 aliphatic heterocycles. The van der Waals surface area contributed by atoms with Gasteiger partial charge in [0, 0.05) is 24.7 Å². The Balaban J connectivity index is 1.79. The van der Waals surface area contributed by atoms with Gasteiger partial charge in [-0.1, -0.05) is 42.5 Å². The quantitative estimate of drug-likeness (QED) is 0.653. The molecule has 24 heavy (non-hydrogen) atoms. The molecule has 0 heterocycles. The molecular weight excluding hydrogens is 306 g/mol. The van der Waals surface area contributed by atoms with Crippen molar-refractivity contribution in [3.63, 3.8) is 0 Å². The van der Waals surface area contributed by atoms with E-state index < -0.39 is 11.0 Å². The molecule has 6 heteroatoms. The average molecular weight is 325 g/mol. The van der Waals surface area contributed by atoms with Crippen LogP contribution in [-0.2, 0) is 11.3 Å². The first-order chi connectivity index (χ1) is 11.6. The molecule has 1 atom stereocenters. The first-order valence-electron chi connectivity index (χ1n) is 7.90. The lowest BCUT2D eigenvalue weighted by molar-refractivity contribution is -0.384. The van der Waals surface area contributed by atoms with Gasteiger partial charge >= 0.3 is 0 Å². The lowest BCUT2D eigenvalue weighted by Gasteiger charge is -2.26. The third-order valence-electron chi connectivity index (χ3n) is 4.17. The smallest absolute Gasteiger partial charge is 0.269 e. The van der Waals surface area contributed by atoms with Gasteiger partial charge in [-0.15, -0.1) is 0 Å². The summed E-state index contributed by atoms with van der Waals surface area (Å²) >= 11 is 0. The van der Waals surface area contributed by atoms with Gasteiger partial charge in [-0.25, -0.2) is 0 Å². The number of nitrogens with two attached hydrogens (primary N) is 1. The second kappa shape index (κ2) is 6.80. The van der Waals surface area contributed by atoms with Gasteiger partial charge in [0.15, 0.2) is 0 Å². The van der Waals surface area contributed by atoms with Gasteiger partial charge in [0.25, 0.3) is 5.69 Å². The third kappa shape index (κ3) is 3.60. The Hall–Kier alpha value is -2.73. The van der Waals surface area contributed by atoms with Gasteiger partial charge in [0.2, 0.25) is 5.91 Å². The minimum absolute atomic E-state index is 0.0306. The molecule has 1 aliphatic rings. The second-order valence-corrected chi connectivity index (χ2v) is 6.01. The first kappa shape index (κ1) is 16.1. The molecule has 1 fully saturated rings. The zero-order chi connectivity index (χ0) is 17.1. The standard InChI is InChI=1S/C18H19N3O3/c19-17(14-6-2-1-3-7-14)18(22)20(15-9-10-15)12-13-5-4-8-16(11-13)21(23)24/h1-8,11,15,17H,9-10,12,19H2/t17-/m0/s1. The number of carbonyl (C=O) groups excluding carboxylic acids is 1. The van der Waals surface area contributed by atoms with E-state index in [0.29, 0.717) is 6.54 Å². The van der Waals surface area contributed by atoms with Crippen molar-refractivity contribution < 1.29 is 9.72 Å². The summed E-state index contributed by atoms with van der Waals surface area (Å²) in [4.78, 5) is 25.1. The highest BCUT2D eigenvalue weighted by Crippen LogP contribution is 2.31. The molecule has 1 aliphatic carbocycles. The zero-order valence-electron chi connectivity index (χ0n) is 13.2. The molecule has 6 nitrogen and oxygen atoms in total. The molecule has 3 rings (SSSR count). The monoisotopic (exact) mass is 325 g/mol. The molecule has 2 aromatic carbocycles. The first-order valence-corrected chi connectivity index (χ1v) is 7.90. The molecule has 0 aromatic heterocycles. The Kier molecular flexibility index (Phi) is 4.57. The van der Waals surface area contributed by atoms with E-state index in [0.717, 1.165) is 24.0 Å². The maximum Gasteiger partial charge on any atom is 0.269 e. The number of carbonyl (C=O) groups is 1. The number of non-ortho nitro benzene ring substituents is 1. The van der Waals surface area contributed by atoms with Crippen LogP contribution in [0.5, 0.6) is 0 Å². The van der Waals surface area contributed by atoms with Crippen LogP contribution >= 0.6 is 0 Å². The minimum Gasteiger partial charge on any atom is -0.334 e. The summed E-state index contributed by atoms with van der Waals surface area (Å²) in [6.07, 6.45) is 1.89. The molecule has 1 amide bonds. The Morgan fingerprint density at radius 2 is 1.92 bits per heavy atom. The fourth-order valence-electron chi connectivity index (χ4n) is 2.72. The van der Waals surface area contributed by atoms with Crippen LogP contribution in [0, 0.1) is 10.1 Å². The molecule has 1 saturated carbocycles. The van der Waals surface area contributed by atoms with Crippen molar-refractivity contribution >= 4 is 11.6 Å². The van der Waals surface area contributed by atoms with E-state index in [9.17, 15) is 14.9 Å². The van der Waals surface area contributed by atoms with Crippen molar-refractivity contribution in [2.45, 2.75) is 31.5 Å². The van der Waals surface area contributed by atoms with Gasteiger partial charge < -0.3 is 10.6 Å². The lowest BCUT2D eigenvalue weighted by atomic mass is 10.1. The topological polar surface area (TPSA) is 89.5 Å². The van der Waals surface area contributed by atoms with Crippen molar-refractivity contribution in [3.8, 4) is 0 Å². The molecule has 0 bridgehead atoms. The summed E-state index contributed by atoms with van der Waals surface area (Å²) in [6, 6.07) is 15.1. The van der Waals surface area contributed by atoms with Crippen LogP contribution < -0.4 is 5.73 Å². The Bertz CT molecular complexity index is 744. The molecule has 0 unspecified atom stereocenters. The van der Waals surface area contributed by atoms with Gasteiger partial charge in [-0.2, -0.15) is 0 Å². The average Bonchev–Trinajstić information content (AvgIpc) is 3.44. The number of nitro groups is 1. The summed E-state index contributed by atoms with van der Waals surface area (Å²) in [6.45, 7) is 0.339. The molecule has 0 radical (unpaired) electrons. The number of hydrogen-bond donors (Lipinski definition) is 1. The van der Waals surface area contributed by atoms with E-state index in [1.165, 1.54) is 12.1 Å². The molecule has 0 saturated heterocycles. The predicted molar refractivity (Wildman–Crippen MR) is 90.0 cm³/mol. The van der Waals surface area contributed by atoms with E-state index in [-0.39, 0.29) is 17.6 Å². The molecule has 2 N–H and O–H groups in total. The zero-order valence-corrected chi connectivity index (χ0v) is 13.2. The summed E-state index contributed by atoms with van der Waals surface area (Å²) in [5.41, 5.74) is 7.68. The SMILES string of the molecule is N[C@H](C(=O)N(Cc1cccc([N+](=O)[O-])c1)C1CC1)c1ccccc1.